The number of hydrogen-bond donors (Lipinski definition) is 1. The molecular weight excluding hydrogens is 534 g/mol. The molecule has 1 N–H and O–H groups in total. The van der Waals surface area contributed by atoms with Crippen molar-refractivity contribution in [2.75, 3.05) is 19.8 Å². The third kappa shape index (κ3) is 7.96. The maximum Gasteiger partial charge on any atom is 0.442 e. The molecular formula is C23H31N7O10. The van der Waals surface area contributed by atoms with Crippen LogP contribution >= 0.6 is 0 Å². The topological polar surface area (TPSA) is 246 Å². The van der Waals surface area contributed by atoms with Crippen LogP contribution in [-0.4, -0.2) is 83.1 Å². The lowest BCUT2D eigenvalue weighted by molar-refractivity contribution is -0.144. The number of esters is 2. The van der Waals surface area contributed by atoms with Crippen molar-refractivity contribution in [3.63, 3.8) is 0 Å². The van der Waals surface area contributed by atoms with Gasteiger partial charge in [0.25, 0.3) is 11.6 Å². The van der Waals surface area contributed by atoms with Crippen molar-refractivity contribution in [3.05, 3.63) is 42.5 Å². The van der Waals surface area contributed by atoms with Crippen LogP contribution in [0.2, 0.25) is 0 Å². The maximum atomic E-state index is 12.9. The Labute approximate surface area is 226 Å². The summed E-state index contributed by atoms with van der Waals surface area (Å²) in [6.45, 7) is 5.09. The summed E-state index contributed by atoms with van der Waals surface area (Å²) in [6.07, 6.45) is 0. The number of Topliss-reactive ketones (excluding diaryl/α,β-unsaturated/α-hetero) is 2. The smallest absolute Gasteiger partial charge is 0.442 e. The molecule has 0 saturated carbocycles. The molecule has 40 heavy (non-hydrogen) atoms. The van der Waals surface area contributed by atoms with Crippen LogP contribution in [0.1, 0.15) is 41.5 Å². The highest BCUT2D eigenvalue weighted by Gasteiger charge is 2.40. The minimum absolute atomic E-state index is 0.497. The second-order valence-electron chi connectivity index (χ2n) is 10.4. The Bertz CT molecular complexity index is 1370. The summed E-state index contributed by atoms with van der Waals surface area (Å²) in [7, 11) is 0. The summed E-state index contributed by atoms with van der Waals surface area (Å²) in [5.41, 5.74) is 10.6. The number of ether oxygens (including phenoxy) is 2. The highest BCUT2D eigenvalue weighted by molar-refractivity contribution is 6.63. The Balaban J connectivity index is 3.21. The fraction of sp³-hybridized carbons (Fsp3) is 0.609. The fourth-order valence-corrected chi connectivity index (χ4v) is 3.02. The van der Waals surface area contributed by atoms with Crippen molar-refractivity contribution in [2.45, 2.75) is 61.2 Å². The van der Waals surface area contributed by atoms with E-state index in [1.165, 1.54) is 41.5 Å². The van der Waals surface area contributed by atoms with Crippen molar-refractivity contribution in [3.8, 4) is 0 Å². The van der Waals surface area contributed by atoms with E-state index in [0.29, 0.717) is 13.7 Å². The van der Waals surface area contributed by atoms with E-state index < -0.39 is 102 Å². The van der Waals surface area contributed by atoms with Gasteiger partial charge in [-0.05, 0) is 0 Å². The number of aromatic nitrogens is 3. The molecule has 1 heterocycles. The van der Waals surface area contributed by atoms with Crippen LogP contribution in [0.25, 0.3) is 11.1 Å². The van der Waals surface area contributed by atoms with Crippen LogP contribution in [0.5, 0.6) is 0 Å². The summed E-state index contributed by atoms with van der Waals surface area (Å²) in [5, 5.41) is 9.26. The van der Waals surface area contributed by atoms with Crippen molar-refractivity contribution in [1.82, 2.24) is 13.7 Å². The molecule has 0 amide bonds. The molecule has 1 aromatic rings. The largest absolute Gasteiger partial charge is 0.455 e. The van der Waals surface area contributed by atoms with Crippen molar-refractivity contribution in [2.24, 2.45) is 10.8 Å². The van der Waals surface area contributed by atoms with Crippen LogP contribution in [-0.2, 0) is 48.3 Å². The molecule has 0 aliphatic carbocycles. The van der Waals surface area contributed by atoms with E-state index in [1.54, 1.807) is 0 Å². The molecule has 17 heteroatoms. The van der Waals surface area contributed by atoms with Gasteiger partial charge in [0.1, 0.15) is 13.2 Å². The number of hydrogen-bond acceptors (Lipinski definition) is 10. The second kappa shape index (κ2) is 13.5. The van der Waals surface area contributed by atoms with E-state index in [-0.39, 0.29) is 0 Å². The highest BCUT2D eigenvalue weighted by Crippen LogP contribution is 2.16. The zero-order valence-electron chi connectivity index (χ0n) is 23.0. The third-order valence-electron chi connectivity index (χ3n) is 5.18. The summed E-state index contributed by atoms with van der Waals surface area (Å²) >= 11 is 0. The molecule has 1 rings (SSSR count). The average molecular weight is 566 g/mol. The lowest BCUT2D eigenvalue weighted by atomic mass is 9.88. The number of aliphatic hydroxyl groups excluding tert-OH is 1. The number of rotatable bonds is 12. The maximum absolute atomic E-state index is 12.9. The number of carbonyl (C=O) groups excluding carboxylic acids is 4. The zero-order valence-corrected chi connectivity index (χ0v) is 23.0. The van der Waals surface area contributed by atoms with E-state index >= 15 is 0 Å². The molecule has 17 nitrogen and oxygen atoms in total. The normalized spacial score (nSPS) is 11.2. The summed E-state index contributed by atoms with van der Waals surface area (Å²) in [6, 6.07) is 0. The molecule has 0 fully saturated rings. The molecule has 0 bridgehead atoms. The third-order valence-corrected chi connectivity index (χ3v) is 5.18. The van der Waals surface area contributed by atoms with Crippen molar-refractivity contribution >= 4 is 34.9 Å². The molecule has 0 atom stereocenters. The number of carbonyl (C=O) groups is 4. The van der Waals surface area contributed by atoms with Crippen LogP contribution in [0.15, 0.2) is 14.4 Å². The standard InChI is InChI=1S/C23H31N7O10/c1-22(2,3)15(32)13(26-24)17(34)39-11-8-29-19(36)28(7-10-31)20(37)30(21(29)38)9-12-40-18(35)14(27-25)16(33)23(4,5)6/h31H,7-12H2,1-6H3. The summed E-state index contributed by atoms with van der Waals surface area (Å²) in [5.74, 6) is -4.30. The minimum Gasteiger partial charge on any atom is -0.455 e. The van der Waals surface area contributed by atoms with Gasteiger partial charge in [-0.15, -0.1) is 0 Å². The zero-order chi connectivity index (χ0) is 31.0. The lowest BCUT2D eigenvalue weighted by Gasteiger charge is -2.14. The second-order valence-corrected chi connectivity index (χ2v) is 10.4. The first-order chi connectivity index (χ1) is 18.4. The van der Waals surface area contributed by atoms with Gasteiger partial charge in [-0.25, -0.2) is 37.7 Å². The summed E-state index contributed by atoms with van der Waals surface area (Å²) < 4.78 is 11.2. The minimum atomic E-state index is -1.32. The first-order valence-electron chi connectivity index (χ1n) is 11.9. The Kier molecular flexibility index (Phi) is 11.3. The molecule has 218 valence electrons. The highest BCUT2D eigenvalue weighted by atomic mass is 16.5. The van der Waals surface area contributed by atoms with Crippen molar-refractivity contribution in [1.29, 1.82) is 0 Å². The van der Waals surface area contributed by atoms with Gasteiger partial charge in [0.15, 0.2) is 0 Å². The quantitative estimate of drug-likeness (QED) is 0.0943. The Hall–Kier alpha value is -4.59. The monoisotopic (exact) mass is 565 g/mol. The summed E-state index contributed by atoms with van der Waals surface area (Å²) in [4.78, 5) is 92.6. The molecule has 0 radical (unpaired) electrons. The molecule has 0 aromatic carbocycles. The predicted molar refractivity (Wildman–Crippen MR) is 134 cm³/mol. The van der Waals surface area contributed by atoms with Gasteiger partial charge in [-0.3, -0.25) is 9.59 Å². The van der Waals surface area contributed by atoms with Crippen LogP contribution in [0, 0.1) is 10.8 Å². The Morgan fingerprint density at radius 2 is 0.975 bits per heavy atom. The van der Waals surface area contributed by atoms with Gasteiger partial charge in [0.2, 0.25) is 0 Å². The first-order valence-corrected chi connectivity index (χ1v) is 11.9. The lowest BCUT2D eigenvalue weighted by Crippen LogP contribution is -2.55. The number of aliphatic hydroxyl groups is 1. The van der Waals surface area contributed by atoms with Gasteiger partial charge in [0.05, 0.1) is 26.2 Å². The number of ketones is 2. The van der Waals surface area contributed by atoms with Crippen molar-refractivity contribution < 1.29 is 43.3 Å². The van der Waals surface area contributed by atoms with E-state index in [9.17, 15) is 38.7 Å². The van der Waals surface area contributed by atoms with Gasteiger partial charge in [0, 0.05) is 10.8 Å². The SMILES string of the molecule is CC(C)(C)C(=O)C(=[N+]=[N-])C(=O)OCCn1c(=O)n(CCO)c(=O)n(CCOC(=O)C(=[N+]=[N-])C(=O)C(C)(C)C)c1=O. The molecule has 0 saturated heterocycles. The molecule has 0 spiro atoms. The first kappa shape index (κ1) is 33.4. The fourth-order valence-electron chi connectivity index (χ4n) is 3.02. The Morgan fingerprint density at radius 3 is 1.23 bits per heavy atom. The van der Waals surface area contributed by atoms with Gasteiger partial charge in [-0.1, -0.05) is 41.5 Å². The van der Waals surface area contributed by atoms with Gasteiger partial charge < -0.3 is 25.6 Å². The van der Waals surface area contributed by atoms with E-state index in [2.05, 4.69) is 9.58 Å². The van der Waals surface area contributed by atoms with E-state index in [0.717, 1.165) is 0 Å². The predicted octanol–water partition coefficient (Wildman–Crippen LogP) is -2.18. The van der Waals surface area contributed by atoms with Crippen LogP contribution in [0.4, 0.5) is 0 Å². The molecule has 0 aliphatic rings. The Morgan fingerprint density at radius 1 is 0.675 bits per heavy atom. The van der Waals surface area contributed by atoms with E-state index in [4.69, 9.17) is 20.5 Å². The van der Waals surface area contributed by atoms with Gasteiger partial charge >= 0.3 is 40.4 Å². The molecule has 0 unspecified atom stereocenters. The van der Waals surface area contributed by atoms with E-state index in [1.807, 2.05) is 0 Å². The average Bonchev–Trinajstić information content (AvgIpc) is 2.85. The number of nitrogens with zero attached hydrogens (tertiary/aromatic N) is 7. The van der Waals surface area contributed by atoms with Gasteiger partial charge in [-0.2, -0.15) is 9.58 Å². The van der Waals surface area contributed by atoms with Crippen LogP contribution < -0.4 is 17.1 Å². The van der Waals surface area contributed by atoms with Crippen LogP contribution in [0.3, 0.4) is 0 Å². The molecule has 1 aromatic heterocycles. The molecule has 0 aliphatic heterocycles.